The Morgan fingerprint density at radius 3 is 1.08 bits per heavy atom. The Bertz CT molecular complexity index is 2190. The molecule has 5 aromatic rings. The third-order valence-corrected chi connectivity index (χ3v) is 9.37. The lowest BCUT2D eigenvalue weighted by Gasteiger charge is -2.44. The Morgan fingerprint density at radius 2 is 0.695 bits per heavy atom. The fraction of sp³-hybridized carbons (Fsp3) is 0.222. The molecule has 2 heterocycles. The van der Waals surface area contributed by atoms with Gasteiger partial charge in [0.05, 0.1) is 41.0 Å². The van der Waals surface area contributed by atoms with Crippen LogP contribution in [0.5, 0.6) is 0 Å². The van der Waals surface area contributed by atoms with Gasteiger partial charge in [0.15, 0.2) is 43.1 Å². The van der Waals surface area contributed by atoms with Crippen molar-refractivity contribution < 1.29 is 67.0 Å². The molecule has 0 bridgehead atoms. The number of rotatable bonds is 12. The minimum absolute atomic E-state index is 0.105. The van der Waals surface area contributed by atoms with Crippen molar-refractivity contribution in [2.45, 2.75) is 49.2 Å². The highest BCUT2D eigenvalue weighted by molar-refractivity contribution is 5.92. The highest BCUT2D eigenvalue weighted by Crippen LogP contribution is 2.32. The van der Waals surface area contributed by atoms with Gasteiger partial charge in [0.2, 0.25) is 0 Å². The summed E-state index contributed by atoms with van der Waals surface area (Å²) in [7, 11) is 0. The first-order valence-electron chi connectivity index (χ1n) is 18.6. The van der Waals surface area contributed by atoms with Gasteiger partial charge in [-0.2, -0.15) is 0 Å². The fourth-order valence-corrected chi connectivity index (χ4v) is 6.39. The van der Waals surface area contributed by atoms with Crippen molar-refractivity contribution in [2.24, 2.45) is 0 Å². The van der Waals surface area contributed by atoms with E-state index in [-0.39, 0.29) is 27.8 Å². The van der Waals surface area contributed by atoms with E-state index >= 15 is 0 Å². The van der Waals surface area contributed by atoms with Crippen LogP contribution in [0.4, 0.5) is 0 Å². The first-order chi connectivity index (χ1) is 28.7. The molecule has 14 heteroatoms. The molecule has 2 aliphatic rings. The number of carbonyl (C=O) groups excluding carboxylic acids is 5. The molecule has 59 heavy (non-hydrogen) atoms. The van der Waals surface area contributed by atoms with Gasteiger partial charge in [-0.3, -0.25) is 0 Å². The zero-order valence-electron chi connectivity index (χ0n) is 31.2. The number of hydrogen-bond acceptors (Lipinski definition) is 14. The van der Waals surface area contributed by atoms with Gasteiger partial charge in [0.25, 0.3) is 0 Å². The third kappa shape index (κ3) is 10.1. The molecule has 2 saturated heterocycles. The molecule has 14 nitrogen and oxygen atoms in total. The average Bonchev–Trinajstić information content (AvgIpc) is 3.28. The second-order valence-corrected chi connectivity index (χ2v) is 13.4. The molecule has 5 aromatic carbocycles. The fourth-order valence-electron chi connectivity index (χ4n) is 6.39. The summed E-state index contributed by atoms with van der Waals surface area (Å²) in [4.78, 5) is 67.8. The minimum Gasteiger partial charge on any atom is -0.453 e. The Morgan fingerprint density at radius 1 is 0.390 bits per heavy atom. The number of esters is 5. The van der Waals surface area contributed by atoms with E-state index in [1.165, 1.54) is 60.7 Å². The normalized spacial score (nSPS) is 23.8. The molecule has 0 saturated carbocycles. The largest absolute Gasteiger partial charge is 0.453 e. The van der Waals surface area contributed by atoms with Crippen LogP contribution in [0.3, 0.4) is 0 Å². The van der Waals surface area contributed by atoms with Crippen molar-refractivity contribution in [3.63, 3.8) is 0 Å². The van der Waals surface area contributed by atoms with Crippen molar-refractivity contribution in [1.82, 2.24) is 0 Å². The molecule has 2 fully saturated rings. The molecule has 302 valence electrons. The summed E-state index contributed by atoms with van der Waals surface area (Å²) in [5.74, 6) is -4.21. The summed E-state index contributed by atoms with van der Waals surface area (Å²) in [5, 5.41) is 11.2. The monoisotopic (exact) mass is 802 g/mol. The predicted octanol–water partition coefficient (Wildman–Crippen LogP) is 5.20. The van der Waals surface area contributed by atoms with Crippen LogP contribution in [0.1, 0.15) is 51.8 Å². The van der Waals surface area contributed by atoms with Gasteiger partial charge >= 0.3 is 29.8 Å². The maximum Gasteiger partial charge on any atom is 0.338 e. The summed E-state index contributed by atoms with van der Waals surface area (Å²) >= 11 is 0. The lowest BCUT2D eigenvalue weighted by atomic mass is 10.0. The summed E-state index contributed by atoms with van der Waals surface area (Å²) in [6, 6.07) is 39.8. The van der Waals surface area contributed by atoms with Gasteiger partial charge in [-0.05, 0) is 60.7 Å². The van der Waals surface area contributed by atoms with Crippen molar-refractivity contribution in [2.75, 3.05) is 13.2 Å². The molecule has 0 radical (unpaired) electrons. The van der Waals surface area contributed by atoms with Crippen molar-refractivity contribution in [3.8, 4) is 0 Å². The smallest absolute Gasteiger partial charge is 0.338 e. The number of aliphatic hydroxyl groups excluding tert-OH is 1. The number of aliphatic hydroxyl groups is 1. The molecule has 0 unspecified atom stereocenters. The van der Waals surface area contributed by atoms with Crippen molar-refractivity contribution in [3.05, 3.63) is 179 Å². The molecule has 7 rings (SSSR count). The lowest BCUT2D eigenvalue weighted by Crippen LogP contribution is -2.63. The highest BCUT2D eigenvalue weighted by Gasteiger charge is 2.53. The van der Waals surface area contributed by atoms with Crippen LogP contribution >= 0.6 is 0 Å². The Kier molecular flexibility index (Phi) is 13.1. The molecular weight excluding hydrogens is 764 g/mol. The molecule has 0 aliphatic carbocycles. The van der Waals surface area contributed by atoms with E-state index in [9.17, 15) is 29.1 Å². The summed E-state index contributed by atoms with van der Waals surface area (Å²) in [5.41, 5.74) is 0.718. The van der Waals surface area contributed by atoms with E-state index in [1.807, 2.05) is 0 Å². The Balaban J connectivity index is 1.26. The topological polar surface area (TPSA) is 179 Å². The second kappa shape index (κ2) is 19.2. The molecule has 8 atom stereocenters. The van der Waals surface area contributed by atoms with Gasteiger partial charge in [-0.1, -0.05) is 91.0 Å². The quantitative estimate of drug-likeness (QED) is 0.128. The van der Waals surface area contributed by atoms with Crippen LogP contribution < -0.4 is 0 Å². The zero-order chi connectivity index (χ0) is 41.1. The number of benzene rings is 5. The Hall–Kier alpha value is -6.71. The third-order valence-electron chi connectivity index (χ3n) is 9.37. The number of hydrogen-bond donors (Lipinski definition) is 1. The van der Waals surface area contributed by atoms with Gasteiger partial charge < -0.3 is 43.0 Å². The van der Waals surface area contributed by atoms with E-state index in [0.29, 0.717) is 0 Å². The molecule has 0 amide bonds. The number of carbonyl (C=O) groups is 5. The minimum atomic E-state index is -1.81. The second-order valence-electron chi connectivity index (χ2n) is 13.4. The summed E-state index contributed by atoms with van der Waals surface area (Å²) in [6.45, 7) is -0.904. The van der Waals surface area contributed by atoms with E-state index in [1.54, 1.807) is 91.0 Å². The molecule has 0 aromatic heterocycles. The van der Waals surface area contributed by atoms with E-state index < -0.39 is 92.3 Å². The summed E-state index contributed by atoms with van der Waals surface area (Å²) < 4.78 is 47.7. The molecule has 2 aliphatic heterocycles. The first kappa shape index (κ1) is 40.5. The maximum absolute atomic E-state index is 13.8. The highest BCUT2D eigenvalue weighted by atomic mass is 16.7. The van der Waals surface area contributed by atoms with Gasteiger partial charge in [-0.25, -0.2) is 24.0 Å². The number of ether oxygens (including phenoxy) is 8. The average molecular weight is 803 g/mol. The lowest BCUT2D eigenvalue weighted by molar-refractivity contribution is -0.326. The van der Waals surface area contributed by atoms with Gasteiger partial charge in [0, 0.05) is 0 Å². The van der Waals surface area contributed by atoms with Crippen molar-refractivity contribution >= 4 is 29.8 Å². The molecule has 0 spiro atoms. The maximum atomic E-state index is 13.8. The van der Waals surface area contributed by atoms with Crippen LogP contribution in [0.25, 0.3) is 0 Å². The van der Waals surface area contributed by atoms with E-state index in [2.05, 4.69) is 0 Å². The first-order valence-corrected chi connectivity index (χ1v) is 18.6. The van der Waals surface area contributed by atoms with Crippen molar-refractivity contribution in [1.29, 1.82) is 0 Å². The van der Waals surface area contributed by atoms with Gasteiger partial charge in [-0.15, -0.1) is 0 Å². The SMILES string of the molecule is O=C(O[C@@H]1[C@@H](OC(=O)c2ccccc2)[C@H](O[C@@H]2[C@@H](OC(=O)c3ccccc3)[C@@H](O)OC[C@H]2OC(=O)c2ccccc2)OC[C@@H]1OC(=O)c1ccccc1)c1ccccc1. The van der Waals surface area contributed by atoms with Crippen LogP contribution in [0.15, 0.2) is 152 Å². The van der Waals surface area contributed by atoms with Gasteiger partial charge in [0.1, 0.15) is 6.10 Å². The standard InChI is InChI=1S/C45H38O14/c46-39(28-16-6-1-7-17-28)54-33-26-52-44(51)37(57-42(49)31-22-12-4-13-23-31)35(33)59-45-38(58-43(50)32-24-14-5-15-25-32)36(56-41(48)30-20-10-3-11-21-30)34(27-53-45)55-40(47)29-18-8-2-9-19-29/h1-25,33-38,44-45,51H,26-27H2/t33-,34+,35+,36+,37-,38-,44+,45+/m1/s1. The van der Waals surface area contributed by atoms with Crippen LogP contribution in [0, 0.1) is 0 Å². The van der Waals surface area contributed by atoms with E-state index in [4.69, 9.17) is 37.9 Å². The zero-order valence-corrected chi connectivity index (χ0v) is 31.2. The summed E-state index contributed by atoms with van der Waals surface area (Å²) in [6.07, 6.45) is -12.8. The van der Waals surface area contributed by atoms with Crippen LogP contribution in [-0.2, 0) is 37.9 Å². The van der Waals surface area contributed by atoms with Crippen LogP contribution in [-0.4, -0.2) is 97.4 Å². The molecular formula is C45H38O14. The van der Waals surface area contributed by atoms with Crippen LogP contribution in [0.2, 0.25) is 0 Å². The Labute approximate surface area is 338 Å². The molecule has 1 N–H and O–H groups in total. The van der Waals surface area contributed by atoms with E-state index in [0.717, 1.165) is 0 Å². The predicted molar refractivity (Wildman–Crippen MR) is 205 cm³/mol.